The van der Waals surface area contributed by atoms with Crippen LogP contribution in [0.25, 0.3) is 0 Å². The van der Waals surface area contributed by atoms with Gasteiger partial charge in [0, 0.05) is 32.2 Å². The van der Waals surface area contributed by atoms with Crippen molar-refractivity contribution in [3.8, 4) is 0 Å². The summed E-state index contributed by atoms with van der Waals surface area (Å²) in [5.41, 5.74) is 5.98. The Kier molecular flexibility index (Phi) is 5.92. The number of carbonyl (C=O) groups is 1. The van der Waals surface area contributed by atoms with E-state index in [1.165, 1.54) is 0 Å². The van der Waals surface area contributed by atoms with E-state index in [1.54, 1.807) is 4.90 Å². The number of likely N-dealkylation sites (N-methyl/N-ethyl adjacent to an activating group) is 1. The third kappa shape index (κ3) is 4.64. The fourth-order valence-corrected chi connectivity index (χ4v) is 2.63. The van der Waals surface area contributed by atoms with Crippen molar-refractivity contribution in [1.82, 2.24) is 4.90 Å². The predicted molar refractivity (Wildman–Crippen MR) is 68.6 cm³/mol. The monoisotopic (exact) mass is 242 g/mol. The van der Waals surface area contributed by atoms with Crippen molar-refractivity contribution >= 4 is 5.91 Å². The molecule has 1 fully saturated rings. The molecule has 0 bridgehead atoms. The van der Waals surface area contributed by atoms with Crippen LogP contribution in [-0.4, -0.2) is 43.7 Å². The molecule has 3 unspecified atom stereocenters. The van der Waals surface area contributed by atoms with Crippen LogP contribution in [-0.2, 0) is 9.53 Å². The van der Waals surface area contributed by atoms with E-state index < -0.39 is 0 Å². The first kappa shape index (κ1) is 14.5. The average molecular weight is 242 g/mol. The van der Waals surface area contributed by atoms with E-state index in [0.717, 1.165) is 19.3 Å². The minimum Gasteiger partial charge on any atom is -0.380 e. The highest BCUT2D eigenvalue weighted by Crippen LogP contribution is 2.29. The van der Waals surface area contributed by atoms with Gasteiger partial charge in [0.25, 0.3) is 0 Å². The zero-order valence-electron chi connectivity index (χ0n) is 11.3. The normalized spacial score (nSPS) is 29.1. The van der Waals surface area contributed by atoms with Gasteiger partial charge in [-0.1, -0.05) is 6.92 Å². The summed E-state index contributed by atoms with van der Waals surface area (Å²) in [6, 6.07) is 0.188. The molecule has 4 heteroatoms. The van der Waals surface area contributed by atoms with Gasteiger partial charge in [-0.3, -0.25) is 4.79 Å². The molecular weight excluding hydrogens is 216 g/mol. The molecule has 0 aromatic rings. The Hall–Kier alpha value is -0.610. The maximum Gasteiger partial charge on any atom is 0.225 e. The molecule has 0 heterocycles. The van der Waals surface area contributed by atoms with Crippen LogP contribution in [0.2, 0.25) is 0 Å². The molecule has 0 saturated heterocycles. The first-order valence-electron chi connectivity index (χ1n) is 6.62. The van der Waals surface area contributed by atoms with Crippen molar-refractivity contribution < 1.29 is 9.53 Å². The third-order valence-corrected chi connectivity index (χ3v) is 3.48. The second-order valence-corrected chi connectivity index (χ2v) is 5.23. The number of hydrogen-bond acceptors (Lipinski definition) is 3. The standard InChI is InChI=1S/C13H26N2O2/c1-4-17-6-5-15(3)13(16)11-7-10(2)8-12(14)9-11/h10-12H,4-9,14H2,1-3H3. The van der Waals surface area contributed by atoms with Crippen molar-refractivity contribution in [2.24, 2.45) is 17.6 Å². The molecule has 1 rings (SSSR count). The quantitative estimate of drug-likeness (QED) is 0.738. The fraction of sp³-hybridized carbons (Fsp3) is 0.923. The van der Waals surface area contributed by atoms with Crippen molar-refractivity contribution in [2.75, 3.05) is 26.8 Å². The van der Waals surface area contributed by atoms with E-state index >= 15 is 0 Å². The van der Waals surface area contributed by atoms with Crippen LogP contribution in [0, 0.1) is 11.8 Å². The fourth-order valence-electron chi connectivity index (χ4n) is 2.63. The molecule has 100 valence electrons. The number of ether oxygens (including phenoxy) is 1. The highest BCUT2D eigenvalue weighted by Gasteiger charge is 2.30. The lowest BCUT2D eigenvalue weighted by Gasteiger charge is -2.32. The molecule has 2 N–H and O–H groups in total. The number of hydrogen-bond donors (Lipinski definition) is 1. The van der Waals surface area contributed by atoms with Gasteiger partial charge in [0.15, 0.2) is 0 Å². The molecule has 0 aliphatic heterocycles. The second kappa shape index (κ2) is 6.97. The van der Waals surface area contributed by atoms with E-state index in [0.29, 0.717) is 25.7 Å². The number of carbonyl (C=O) groups excluding carboxylic acids is 1. The van der Waals surface area contributed by atoms with Crippen molar-refractivity contribution in [2.45, 2.75) is 39.2 Å². The van der Waals surface area contributed by atoms with E-state index in [4.69, 9.17) is 10.5 Å². The number of nitrogens with two attached hydrogens (primary N) is 1. The SMILES string of the molecule is CCOCCN(C)C(=O)C1CC(C)CC(N)C1. The minimum atomic E-state index is 0.111. The zero-order chi connectivity index (χ0) is 12.8. The number of nitrogens with zero attached hydrogens (tertiary/aromatic N) is 1. The lowest BCUT2D eigenvalue weighted by Crippen LogP contribution is -2.41. The molecule has 0 aromatic heterocycles. The summed E-state index contributed by atoms with van der Waals surface area (Å²) < 4.78 is 5.27. The zero-order valence-corrected chi connectivity index (χ0v) is 11.3. The summed E-state index contributed by atoms with van der Waals surface area (Å²) in [4.78, 5) is 14.0. The van der Waals surface area contributed by atoms with Gasteiger partial charge in [-0.15, -0.1) is 0 Å². The van der Waals surface area contributed by atoms with Crippen molar-refractivity contribution in [1.29, 1.82) is 0 Å². The van der Waals surface area contributed by atoms with Gasteiger partial charge < -0.3 is 15.4 Å². The molecule has 3 atom stereocenters. The van der Waals surface area contributed by atoms with Crippen LogP contribution in [0.5, 0.6) is 0 Å². The topological polar surface area (TPSA) is 55.6 Å². The maximum atomic E-state index is 12.2. The summed E-state index contributed by atoms with van der Waals surface area (Å²) in [6.45, 7) is 6.14. The van der Waals surface area contributed by atoms with E-state index in [2.05, 4.69) is 6.92 Å². The number of rotatable bonds is 5. The van der Waals surface area contributed by atoms with Crippen LogP contribution in [0.1, 0.15) is 33.1 Å². The summed E-state index contributed by atoms with van der Waals surface area (Å²) in [5.74, 6) is 0.903. The lowest BCUT2D eigenvalue weighted by molar-refractivity contribution is -0.136. The summed E-state index contributed by atoms with van der Waals surface area (Å²) in [7, 11) is 1.85. The van der Waals surface area contributed by atoms with Crippen molar-refractivity contribution in [3.05, 3.63) is 0 Å². The molecule has 1 saturated carbocycles. The summed E-state index contributed by atoms with van der Waals surface area (Å²) >= 11 is 0. The summed E-state index contributed by atoms with van der Waals surface area (Å²) in [6.07, 6.45) is 2.86. The first-order valence-corrected chi connectivity index (χ1v) is 6.62. The predicted octanol–water partition coefficient (Wildman–Crippen LogP) is 1.24. The first-order chi connectivity index (χ1) is 8.04. The van der Waals surface area contributed by atoms with Crippen molar-refractivity contribution in [3.63, 3.8) is 0 Å². The highest BCUT2D eigenvalue weighted by molar-refractivity contribution is 5.78. The van der Waals surface area contributed by atoms with Crippen LogP contribution in [0.15, 0.2) is 0 Å². The van der Waals surface area contributed by atoms with Gasteiger partial charge in [-0.05, 0) is 32.1 Å². The Bertz CT molecular complexity index is 236. The van der Waals surface area contributed by atoms with E-state index in [1.807, 2.05) is 14.0 Å². The van der Waals surface area contributed by atoms with Crippen LogP contribution in [0.4, 0.5) is 0 Å². The lowest BCUT2D eigenvalue weighted by atomic mass is 9.79. The minimum absolute atomic E-state index is 0.111. The Labute approximate surface area is 104 Å². The molecule has 0 spiro atoms. The number of amides is 1. The third-order valence-electron chi connectivity index (χ3n) is 3.48. The largest absolute Gasteiger partial charge is 0.380 e. The van der Waals surface area contributed by atoms with Crippen LogP contribution >= 0.6 is 0 Å². The van der Waals surface area contributed by atoms with E-state index in [9.17, 15) is 4.79 Å². The van der Waals surface area contributed by atoms with Gasteiger partial charge in [0.1, 0.15) is 0 Å². The average Bonchev–Trinajstić information content (AvgIpc) is 2.27. The molecule has 4 nitrogen and oxygen atoms in total. The Balaban J connectivity index is 2.39. The van der Waals surface area contributed by atoms with Gasteiger partial charge in [0.05, 0.1) is 6.61 Å². The van der Waals surface area contributed by atoms with E-state index in [-0.39, 0.29) is 17.9 Å². The molecule has 0 radical (unpaired) electrons. The molecule has 17 heavy (non-hydrogen) atoms. The molecule has 0 aromatic carbocycles. The maximum absolute atomic E-state index is 12.2. The Morgan fingerprint density at radius 1 is 1.41 bits per heavy atom. The highest BCUT2D eigenvalue weighted by atomic mass is 16.5. The van der Waals surface area contributed by atoms with Gasteiger partial charge in [-0.2, -0.15) is 0 Å². The second-order valence-electron chi connectivity index (χ2n) is 5.23. The Morgan fingerprint density at radius 2 is 2.12 bits per heavy atom. The molecular formula is C13H26N2O2. The van der Waals surface area contributed by atoms with Gasteiger partial charge >= 0.3 is 0 Å². The molecule has 1 amide bonds. The molecule has 1 aliphatic carbocycles. The van der Waals surface area contributed by atoms with Crippen LogP contribution in [0.3, 0.4) is 0 Å². The molecule has 1 aliphatic rings. The Morgan fingerprint density at radius 3 is 2.71 bits per heavy atom. The summed E-state index contributed by atoms with van der Waals surface area (Å²) in [5, 5.41) is 0. The van der Waals surface area contributed by atoms with Crippen LogP contribution < -0.4 is 5.73 Å². The van der Waals surface area contributed by atoms with Gasteiger partial charge in [-0.25, -0.2) is 0 Å². The van der Waals surface area contributed by atoms with Gasteiger partial charge in [0.2, 0.25) is 5.91 Å². The smallest absolute Gasteiger partial charge is 0.225 e.